The van der Waals surface area contributed by atoms with Crippen LogP contribution in [0.15, 0.2) is 24.3 Å². The summed E-state index contributed by atoms with van der Waals surface area (Å²) in [4.78, 5) is 24.8. The van der Waals surface area contributed by atoms with E-state index in [2.05, 4.69) is 26.8 Å². The Bertz CT molecular complexity index is 1280. The molecule has 2 heterocycles. The highest BCUT2D eigenvalue weighted by Gasteiger charge is 2.27. The van der Waals surface area contributed by atoms with Crippen LogP contribution in [0.3, 0.4) is 0 Å². The smallest absolute Gasteiger partial charge is 0.303 e. The number of halogens is 2. The number of fused-ring (bicyclic) bond motifs is 1. The number of aromatic nitrogens is 4. The number of carboxylic acids is 1. The van der Waals surface area contributed by atoms with Crippen LogP contribution in [0.1, 0.15) is 70.2 Å². The van der Waals surface area contributed by atoms with Crippen molar-refractivity contribution < 1.29 is 19.4 Å². The fourth-order valence-electron chi connectivity index (χ4n) is 4.47. The molecule has 1 aliphatic carbocycles. The van der Waals surface area contributed by atoms with Crippen molar-refractivity contribution in [3.8, 4) is 23.2 Å². The van der Waals surface area contributed by atoms with Crippen molar-refractivity contribution in [1.82, 2.24) is 19.5 Å². The standard InChI is InChI=1S/C25H28FN5O3.ClH/c1-2-18(9-10-20(32)33)31-23(16-7-6-8-17(26)15-16)30-21-22(27)28-19(29-24(21)31)11-14-25(34)12-4-3-5-13-25;/h6-8,15,18,34H,2-5,9-10,12-13H2,1H3,(H,32,33)(H2,27,28,29);1H. The number of anilines is 1. The molecule has 4 N–H and O–H groups in total. The Kier molecular flexibility index (Phi) is 8.30. The van der Waals surface area contributed by atoms with Gasteiger partial charge in [0.2, 0.25) is 5.82 Å². The number of nitrogens with zero attached hydrogens (tertiary/aromatic N) is 4. The van der Waals surface area contributed by atoms with Crippen LogP contribution in [0.4, 0.5) is 10.2 Å². The maximum Gasteiger partial charge on any atom is 0.303 e. The Balaban J connectivity index is 0.00000342. The fourth-order valence-corrected chi connectivity index (χ4v) is 4.47. The molecule has 1 saturated carbocycles. The lowest BCUT2D eigenvalue weighted by atomic mass is 9.85. The number of hydrogen-bond donors (Lipinski definition) is 3. The molecule has 8 nitrogen and oxygen atoms in total. The zero-order chi connectivity index (χ0) is 24.3. The van der Waals surface area contributed by atoms with Crippen LogP contribution in [0.2, 0.25) is 0 Å². The van der Waals surface area contributed by atoms with E-state index >= 15 is 0 Å². The molecule has 2 aromatic heterocycles. The molecule has 0 bridgehead atoms. The van der Waals surface area contributed by atoms with Crippen molar-refractivity contribution >= 4 is 35.4 Å². The zero-order valence-corrected chi connectivity index (χ0v) is 20.3. The van der Waals surface area contributed by atoms with Gasteiger partial charge in [0.05, 0.1) is 0 Å². The van der Waals surface area contributed by atoms with Crippen LogP contribution in [-0.2, 0) is 4.79 Å². The third-order valence-corrected chi connectivity index (χ3v) is 6.26. The Labute approximate surface area is 209 Å². The molecule has 1 fully saturated rings. The lowest BCUT2D eigenvalue weighted by molar-refractivity contribution is -0.137. The van der Waals surface area contributed by atoms with Gasteiger partial charge in [0.15, 0.2) is 17.0 Å². The number of benzene rings is 1. The van der Waals surface area contributed by atoms with Gasteiger partial charge in [0.1, 0.15) is 17.2 Å². The van der Waals surface area contributed by atoms with E-state index in [-0.39, 0.29) is 36.5 Å². The van der Waals surface area contributed by atoms with Crippen LogP contribution in [0.25, 0.3) is 22.6 Å². The van der Waals surface area contributed by atoms with Gasteiger partial charge in [-0.1, -0.05) is 31.4 Å². The number of aliphatic carboxylic acids is 1. The molecule has 0 spiro atoms. The molecule has 1 aliphatic rings. The van der Waals surface area contributed by atoms with Crippen LogP contribution >= 0.6 is 12.4 Å². The number of hydrogen-bond acceptors (Lipinski definition) is 6. The number of aliphatic hydroxyl groups is 1. The van der Waals surface area contributed by atoms with Gasteiger partial charge >= 0.3 is 5.97 Å². The number of rotatable bonds is 6. The van der Waals surface area contributed by atoms with E-state index in [1.165, 1.54) is 12.1 Å². The molecule has 10 heteroatoms. The van der Waals surface area contributed by atoms with Gasteiger partial charge in [0.25, 0.3) is 0 Å². The lowest BCUT2D eigenvalue weighted by Gasteiger charge is -2.26. The summed E-state index contributed by atoms with van der Waals surface area (Å²) in [6.07, 6.45) is 5.02. The second-order valence-electron chi connectivity index (χ2n) is 8.76. The highest BCUT2D eigenvalue weighted by Crippen LogP contribution is 2.33. The summed E-state index contributed by atoms with van der Waals surface area (Å²) in [6, 6.07) is 5.76. The molecule has 4 rings (SSSR count). The van der Waals surface area contributed by atoms with Gasteiger partial charge in [-0.05, 0) is 56.6 Å². The highest BCUT2D eigenvalue weighted by molar-refractivity contribution is 5.86. The third-order valence-electron chi connectivity index (χ3n) is 6.26. The predicted molar refractivity (Wildman–Crippen MR) is 133 cm³/mol. The van der Waals surface area contributed by atoms with Crippen molar-refractivity contribution in [2.24, 2.45) is 0 Å². The maximum absolute atomic E-state index is 14.0. The Morgan fingerprint density at radius 3 is 2.66 bits per heavy atom. The Hall–Kier alpha value is -3.22. The summed E-state index contributed by atoms with van der Waals surface area (Å²) >= 11 is 0. The molecule has 1 aromatic carbocycles. The van der Waals surface area contributed by atoms with E-state index in [4.69, 9.17) is 5.73 Å². The topological polar surface area (TPSA) is 127 Å². The van der Waals surface area contributed by atoms with E-state index in [1.807, 2.05) is 11.5 Å². The van der Waals surface area contributed by atoms with Crippen LogP contribution in [0.5, 0.6) is 0 Å². The van der Waals surface area contributed by atoms with Crippen LogP contribution < -0.4 is 5.73 Å². The summed E-state index contributed by atoms with van der Waals surface area (Å²) in [5.74, 6) is 5.19. The molecular formula is C25H29ClFN5O3. The molecule has 0 saturated heterocycles. The van der Waals surface area contributed by atoms with E-state index < -0.39 is 17.4 Å². The average Bonchev–Trinajstić information content (AvgIpc) is 3.19. The number of nitrogens with two attached hydrogens (primary N) is 1. The number of carboxylic acid groups (broad SMARTS) is 1. The molecule has 3 aromatic rings. The van der Waals surface area contributed by atoms with E-state index in [0.29, 0.717) is 48.2 Å². The second kappa shape index (κ2) is 11.0. The van der Waals surface area contributed by atoms with Crippen molar-refractivity contribution in [1.29, 1.82) is 0 Å². The number of nitrogen functional groups attached to an aromatic ring is 1. The zero-order valence-electron chi connectivity index (χ0n) is 19.5. The molecule has 0 aliphatic heterocycles. The molecule has 1 unspecified atom stereocenters. The van der Waals surface area contributed by atoms with Crippen molar-refractivity contribution in [2.45, 2.75) is 69.9 Å². The summed E-state index contributed by atoms with van der Waals surface area (Å²) in [7, 11) is 0. The monoisotopic (exact) mass is 501 g/mol. The molecule has 0 amide bonds. The minimum Gasteiger partial charge on any atom is -0.481 e. The lowest BCUT2D eigenvalue weighted by Crippen LogP contribution is -2.29. The van der Waals surface area contributed by atoms with E-state index in [1.54, 1.807) is 12.1 Å². The first kappa shape index (κ1) is 26.4. The van der Waals surface area contributed by atoms with Gasteiger partial charge in [-0.25, -0.2) is 19.3 Å². The molecule has 0 radical (unpaired) electrons. The third kappa shape index (κ3) is 5.89. The quantitative estimate of drug-likeness (QED) is 0.424. The van der Waals surface area contributed by atoms with Crippen molar-refractivity contribution in [3.05, 3.63) is 35.9 Å². The summed E-state index contributed by atoms with van der Waals surface area (Å²) in [6.45, 7) is 1.94. The van der Waals surface area contributed by atoms with Crippen molar-refractivity contribution in [2.75, 3.05) is 5.73 Å². The normalized spacial score (nSPS) is 15.6. The Morgan fingerprint density at radius 1 is 1.26 bits per heavy atom. The fraction of sp³-hybridized carbons (Fsp3) is 0.440. The largest absolute Gasteiger partial charge is 0.481 e. The number of carbonyl (C=O) groups is 1. The number of imidazole rings is 1. The highest BCUT2D eigenvalue weighted by atomic mass is 35.5. The summed E-state index contributed by atoms with van der Waals surface area (Å²) < 4.78 is 15.8. The first-order chi connectivity index (χ1) is 16.3. The van der Waals surface area contributed by atoms with Gasteiger partial charge in [-0.15, -0.1) is 12.4 Å². The van der Waals surface area contributed by atoms with E-state index in [9.17, 15) is 19.4 Å². The second-order valence-corrected chi connectivity index (χ2v) is 8.76. The molecule has 1 atom stereocenters. The van der Waals surface area contributed by atoms with Gasteiger partial charge < -0.3 is 20.5 Å². The summed E-state index contributed by atoms with van der Waals surface area (Å²) in [5.41, 5.74) is 6.44. The SMILES string of the molecule is CCC(CCC(=O)O)n1c(-c2cccc(F)c2)nc2c(N)nc(C#CC3(O)CCCCC3)nc21.Cl. The summed E-state index contributed by atoms with van der Waals surface area (Å²) in [5, 5.41) is 20.0. The minimum absolute atomic E-state index is 0. The van der Waals surface area contributed by atoms with Gasteiger partial charge in [0, 0.05) is 18.0 Å². The minimum atomic E-state index is -1.06. The predicted octanol–water partition coefficient (Wildman–Crippen LogP) is 4.50. The Morgan fingerprint density at radius 2 is 2.00 bits per heavy atom. The molecular weight excluding hydrogens is 473 g/mol. The first-order valence-corrected chi connectivity index (χ1v) is 11.6. The average molecular weight is 502 g/mol. The van der Waals surface area contributed by atoms with Crippen molar-refractivity contribution in [3.63, 3.8) is 0 Å². The first-order valence-electron chi connectivity index (χ1n) is 11.6. The van der Waals surface area contributed by atoms with Gasteiger partial charge in [-0.2, -0.15) is 0 Å². The van der Waals surface area contributed by atoms with Crippen LogP contribution in [-0.4, -0.2) is 41.3 Å². The van der Waals surface area contributed by atoms with E-state index in [0.717, 1.165) is 19.3 Å². The molecule has 35 heavy (non-hydrogen) atoms. The molecule has 186 valence electrons. The van der Waals surface area contributed by atoms with Gasteiger partial charge in [-0.3, -0.25) is 4.79 Å². The van der Waals surface area contributed by atoms with Crippen LogP contribution in [0, 0.1) is 17.7 Å². The maximum atomic E-state index is 14.0.